The van der Waals surface area contributed by atoms with Crippen LogP contribution in [0.4, 0.5) is 10.6 Å². The lowest BCUT2D eigenvalue weighted by atomic mass is 10.1. The fourth-order valence-electron chi connectivity index (χ4n) is 2.15. The first kappa shape index (κ1) is 15.8. The van der Waals surface area contributed by atoms with E-state index in [4.69, 9.17) is 16.3 Å². The summed E-state index contributed by atoms with van der Waals surface area (Å²) in [6.07, 6.45) is 0.712. The first-order valence-electron chi connectivity index (χ1n) is 7.04. The third-order valence-corrected chi connectivity index (χ3v) is 3.34. The summed E-state index contributed by atoms with van der Waals surface area (Å²) >= 11 is 5.69. The molecule has 0 spiro atoms. The van der Waals surface area contributed by atoms with Crippen molar-refractivity contribution in [2.24, 2.45) is 5.92 Å². The maximum Gasteiger partial charge on any atom is 0.410 e. The number of aromatic nitrogens is 2. The molecule has 2 heterocycles. The van der Waals surface area contributed by atoms with E-state index in [0.29, 0.717) is 23.4 Å². The van der Waals surface area contributed by atoms with E-state index in [0.717, 1.165) is 19.5 Å². The van der Waals surface area contributed by atoms with Gasteiger partial charge in [0.2, 0.25) is 0 Å². The molecule has 0 bridgehead atoms. The largest absolute Gasteiger partial charge is 0.444 e. The second kappa shape index (κ2) is 6.47. The molecule has 0 aromatic carbocycles. The van der Waals surface area contributed by atoms with Crippen LogP contribution in [0.2, 0.25) is 5.15 Å². The summed E-state index contributed by atoms with van der Waals surface area (Å²) in [6.45, 7) is 7.80. The molecule has 1 amide bonds. The molecule has 116 valence electrons. The Morgan fingerprint density at radius 2 is 2.24 bits per heavy atom. The van der Waals surface area contributed by atoms with Gasteiger partial charge < -0.3 is 15.0 Å². The normalized spacial score (nSPS) is 18.7. The number of halogens is 1. The van der Waals surface area contributed by atoms with Gasteiger partial charge in [-0.3, -0.25) is 0 Å². The van der Waals surface area contributed by atoms with Gasteiger partial charge >= 0.3 is 6.09 Å². The lowest BCUT2D eigenvalue weighted by Gasteiger charge is -2.24. The smallest absolute Gasteiger partial charge is 0.410 e. The van der Waals surface area contributed by atoms with Gasteiger partial charge in [-0.1, -0.05) is 11.6 Å². The van der Waals surface area contributed by atoms with Crippen molar-refractivity contribution in [3.8, 4) is 0 Å². The molecule has 1 fully saturated rings. The van der Waals surface area contributed by atoms with E-state index in [1.807, 2.05) is 20.8 Å². The van der Waals surface area contributed by atoms with Crippen LogP contribution >= 0.6 is 11.6 Å². The van der Waals surface area contributed by atoms with Crippen molar-refractivity contribution in [1.29, 1.82) is 0 Å². The quantitative estimate of drug-likeness (QED) is 0.929. The van der Waals surface area contributed by atoms with Crippen molar-refractivity contribution in [3.63, 3.8) is 0 Å². The van der Waals surface area contributed by atoms with Gasteiger partial charge in [-0.2, -0.15) is 0 Å². The molecule has 1 saturated heterocycles. The Morgan fingerprint density at radius 3 is 2.86 bits per heavy atom. The fraction of sp³-hybridized carbons (Fsp3) is 0.643. The van der Waals surface area contributed by atoms with Gasteiger partial charge in [-0.25, -0.2) is 4.79 Å². The standard InChI is InChI=1S/C14H21ClN4O2/c1-14(2,3)21-13(20)19-7-6-10(9-19)8-16-12-5-4-11(15)17-18-12/h4-5,10H,6-9H2,1-3H3,(H,16,18). The molecule has 1 unspecified atom stereocenters. The first-order chi connectivity index (χ1) is 9.83. The minimum atomic E-state index is -0.452. The summed E-state index contributed by atoms with van der Waals surface area (Å²) < 4.78 is 5.38. The summed E-state index contributed by atoms with van der Waals surface area (Å²) in [4.78, 5) is 13.7. The highest BCUT2D eigenvalue weighted by Gasteiger charge is 2.29. The summed E-state index contributed by atoms with van der Waals surface area (Å²) in [7, 11) is 0. The van der Waals surface area contributed by atoms with Crippen LogP contribution in [0.15, 0.2) is 12.1 Å². The van der Waals surface area contributed by atoms with Crippen LogP contribution in [0.1, 0.15) is 27.2 Å². The van der Waals surface area contributed by atoms with Gasteiger partial charge in [0.25, 0.3) is 0 Å². The van der Waals surface area contributed by atoms with Crippen molar-refractivity contribution < 1.29 is 9.53 Å². The summed E-state index contributed by atoms with van der Waals surface area (Å²) in [5, 5.41) is 11.3. The van der Waals surface area contributed by atoms with Gasteiger partial charge in [0.1, 0.15) is 11.4 Å². The zero-order chi connectivity index (χ0) is 15.5. The summed E-state index contributed by atoms with van der Waals surface area (Å²) in [6, 6.07) is 3.48. The number of carbonyl (C=O) groups is 1. The number of hydrogen-bond donors (Lipinski definition) is 1. The number of likely N-dealkylation sites (tertiary alicyclic amines) is 1. The summed E-state index contributed by atoms with van der Waals surface area (Å²) in [5.41, 5.74) is -0.452. The molecule has 7 heteroatoms. The maximum absolute atomic E-state index is 12.0. The zero-order valence-electron chi connectivity index (χ0n) is 12.6. The van der Waals surface area contributed by atoms with Crippen LogP contribution in [-0.2, 0) is 4.74 Å². The summed E-state index contributed by atoms with van der Waals surface area (Å²) in [5.74, 6) is 1.07. The number of nitrogens with zero attached hydrogens (tertiary/aromatic N) is 3. The number of anilines is 1. The number of rotatable bonds is 3. The van der Waals surface area contributed by atoms with Gasteiger partial charge in [0.05, 0.1) is 0 Å². The van der Waals surface area contributed by atoms with Crippen LogP contribution < -0.4 is 5.32 Å². The topological polar surface area (TPSA) is 67.3 Å². The molecule has 0 radical (unpaired) electrons. The van der Waals surface area contributed by atoms with E-state index in [2.05, 4.69) is 15.5 Å². The predicted octanol–water partition coefficient (Wildman–Crippen LogP) is 2.80. The highest BCUT2D eigenvalue weighted by Crippen LogP contribution is 2.20. The van der Waals surface area contributed by atoms with Crippen LogP contribution in [0, 0.1) is 5.92 Å². The van der Waals surface area contributed by atoms with Gasteiger partial charge in [0, 0.05) is 19.6 Å². The van der Waals surface area contributed by atoms with E-state index in [-0.39, 0.29) is 6.09 Å². The van der Waals surface area contributed by atoms with Crippen molar-refractivity contribution in [1.82, 2.24) is 15.1 Å². The Hall–Kier alpha value is -1.56. The van der Waals surface area contributed by atoms with Gasteiger partial charge in [0.15, 0.2) is 5.15 Å². The fourth-order valence-corrected chi connectivity index (χ4v) is 2.25. The molecule has 2 rings (SSSR count). The molecule has 1 N–H and O–H groups in total. The highest BCUT2D eigenvalue weighted by atomic mass is 35.5. The Kier molecular flexibility index (Phi) is 4.88. The minimum absolute atomic E-state index is 0.240. The maximum atomic E-state index is 12.0. The average Bonchev–Trinajstić information content (AvgIpc) is 2.85. The Labute approximate surface area is 129 Å². The van der Waals surface area contributed by atoms with Crippen LogP contribution in [0.25, 0.3) is 0 Å². The van der Waals surface area contributed by atoms with Crippen molar-refractivity contribution in [3.05, 3.63) is 17.3 Å². The van der Waals surface area contributed by atoms with Crippen LogP contribution in [0.3, 0.4) is 0 Å². The van der Waals surface area contributed by atoms with Crippen molar-refractivity contribution in [2.45, 2.75) is 32.8 Å². The molecule has 0 saturated carbocycles. The SMILES string of the molecule is CC(C)(C)OC(=O)N1CCC(CNc2ccc(Cl)nn2)C1. The van der Waals surface area contributed by atoms with Gasteiger partial charge in [-0.15, -0.1) is 10.2 Å². The molecular weight excluding hydrogens is 292 g/mol. The third-order valence-electron chi connectivity index (χ3n) is 3.14. The number of amides is 1. The molecular formula is C14H21ClN4O2. The van der Waals surface area contributed by atoms with Crippen LogP contribution in [0.5, 0.6) is 0 Å². The van der Waals surface area contributed by atoms with Crippen molar-refractivity contribution >= 4 is 23.5 Å². The van der Waals surface area contributed by atoms with Gasteiger partial charge in [-0.05, 0) is 45.2 Å². The number of ether oxygens (including phenoxy) is 1. The molecule has 1 atom stereocenters. The second-order valence-electron chi connectivity index (χ2n) is 6.20. The molecule has 1 aliphatic heterocycles. The zero-order valence-corrected chi connectivity index (χ0v) is 13.4. The van der Waals surface area contributed by atoms with Crippen molar-refractivity contribution in [2.75, 3.05) is 25.0 Å². The second-order valence-corrected chi connectivity index (χ2v) is 6.59. The molecule has 1 aliphatic rings. The number of hydrogen-bond acceptors (Lipinski definition) is 5. The highest BCUT2D eigenvalue weighted by molar-refractivity contribution is 6.29. The first-order valence-corrected chi connectivity index (χ1v) is 7.42. The number of nitrogens with one attached hydrogen (secondary N) is 1. The van der Waals surface area contributed by atoms with E-state index >= 15 is 0 Å². The molecule has 1 aromatic heterocycles. The van der Waals surface area contributed by atoms with E-state index in [1.165, 1.54) is 0 Å². The monoisotopic (exact) mass is 312 g/mol. The van der Waals surface area contributed by atoms with E-state index in [1.54, 1.807) is 17.0 Å². The van der Waals surface area contributed by atoms with Crippen LogP contribution in [-0.4, -0.2) is 46.4 Å². The van der Waals surface area contributed by atoms with E-state index in [9.17, 15) is 4.79 Å². The van der Waals surface area contributed by atoms with E-state index < -0.39 is 5.60 Å². The molecule has 6 nitrogen and oxygen atoms in total. The third kappa shape index (κ3) is 5.04. The Balaban J connectivity index is 1.77. The Morgan fingerprint density at radius 1 is 1.48 bits per heavy atom. The Bertz CT molecular complexity index is 487. The molecule has 0 aliphatic carbocycles. The minimum Gasteiger partial charge on any atom is -0.444 e. The predicted molar refractivity (Wildman–Crippen MR) is 81.4 cm³/mol. The lowest BCUT2D eigenvalue weighted by Crippen LogP contribution is -2.35. The number of carbonyl (C=O) groups excluding carboxylic acids is 1. The average molecular weight is 313 g/mol. The molecule has 21 heavy (non-hydrogen) atoms. The molecule has 1 aromatic rings. The lowest BCUT2D eigenvalue weighted by molar-refractivity contribution is 0.0289.